The molecule has 3 fully saturated rings. The molecule has 3 atom stereocenters. The zero-order chi connectivity index (χ0) is 13.5. The van der Waals surface area contributed by atoms with Crippen LogP contribution in [0.3, 0.4) is 0 Å². The summed E-state index contributed by atoms with van der Waals surface area (Å²) >= 11 is 0. The second kappa shape index (κ2) is 4.76. The normalized spacial score (nSPS) is 31.6. The first-order valence-electron chi connectivity index (χ1n) is 7.68. The molecule has 1 aromatic rings. The third-order valence-electron chi connectivity index (χ3n) is 4.88. The van der Waals surface area contributed by atoms with Gasteiger partial charge in [-0.1, -0.05) is 6.07 Å². The van der Waals surface area contributed by atoms with E-state index in [0.717, 1.165) is 19.4 Å². The first-order valence-corrected chi connectivity index (χ1v) is 7.68. The number of aromatic nitrogens is 1. The van der Waals surface area contributed by atoms with Gasteiger partial charge in [-0.3, -0.25) is 4.79 Å². The molecule has 3 unspecified atom stereocenters. The van der Waals surface area contributed by atoms with E-state index in [1.54, 1.807) is 6.20 Å². The standard InChI is InChI=1S/C16H20N2O2/c19-15(9-11-4-5-11)18-10-12-6-7-13(18)16(12)20-14-3-1-2-8-17-14/h1-3,8,11-13,16H,4-7,9-10H2. The molecular weight excluding hydrogens is 252 g/mol. The first kappa shape index (κ1) is 12.2. The Morgan fingerprint density at radius 1 is 1.30 bits per heavy atom. The molecule has 2 bridgehead atoms. The van der Waals surface area contributed by atoms with E-state index in [-0.39, 0.29) is 12.1 Å². The highest BCUT2D eigenvalue weighted by Gasteiger charge is 2.50. The Labute approximate surface area is 119 Å². The van der Waals surface area contributed by atoms with E-state index in [1.807, 2.05) is 18.2 Å². The highest BCUT2D eigenvalue weighted by Crippen LogP contribution is 2.41. The van der Waals surface area contributed by atoms with Gasteiger partial charge in [-0.25, -0.2) is 4.98 Å². The molecule has 106 valence electrons. The van der Waals surface area contributed by atoms with Crippen LogP contribution in [0.2, 0.25) is 0 Å². The fourth-order valence-electron chi connectivity index (χ4n) is 3.65. The van der Waals surface area contributed by atoms with E-state index in [2.05, 4.69) is 9.88 Å². The Bertz CT molecular complexity index is 500. The van der Waals surface area contributed by atoms with E-state index in [0.29, 0.717) is 23.6 Å². The maximum absolute atomic E-state index is 12.3. The molecule has 0 spiro atoms. The van der Waals surface area contributed by atoms with Gasteiger partial charge in [-0.15, -0.1) is 0 Å². The molecule has 1 aliphatic heterocycles. The Hall–Kier alpha value is -1.58. The summed E-state index contributed by atoms with van der Waals surface area (Å²) in [5, 5.41) is 0. The van der Waals surface area contributed by atoms with E-state index in [9.17, 15) is 4.79 Å². The molecule has 1 saturated heterocycles. The molecule has 4 rings (SSSR count). The number of carbonyl (C=O) groups is 1. The van der Waals surface area contributed by atoms with Crippen LogP contribution in [0.25, 0.3) is 0 Å². The highest BCUT2D eigenvalue weighted by molar-refractivity contribution is 5.77. The summed E-state index contributed by atoms with van der Waals surface area (Å²) in [6.07, 6.45) is 7.38. The predicted molar refractivity (Wildman–Crippen MR) is 74.2 cm³/mol. The van der Waals surface area contributed by atoms with Crippen LogP contribution in [0.5, 0.6) is 5.88 Å². The van der Waals surface area contributed by atoms with Gasteiger partial charge in [-0.05, 0) is 37.7 Å². The van der Waals surface area contributed by atoms with Crippen LogP contribution in [0.15, 0.2) is 24.4 Å². The minimum Gasteiger partial charge on any atom is -0.472 e. The lowest BCUT2D eigenvalue weighted by molar-refractivity contribution is -0.133. The molecule has 1 amide bonds. The van der Waals surface area contributed by atoms with Crippen LogP contribution in [0.1, 0.15) is 32.1 Å². The number of hydrogen-bond donors (Lipinski definition) is 0. The van der Waals surface area contributed by atoms with Gasteiger partial charge in [0.25, 0.3) is 0 Å². The summed E-state index contributed by atoms with van der Waals surface area (Å²) in [7, 11) is 0. The van der Waals surface area contributed by atoms with Gasteiger partial charge in [0, 0.05) is 31.1 Å². The number of carbonyl (C=O) groups excluding carboxylic acids is 1. The lowest BCUT2D eigenvalue weighted by atomic mass is 10.1. The number of amides is 1. The van der Waals surface area contributed by atoms with Crippen LogP contribution < -0.4 is 4.74 Å². The van der Waals surface area contributed by atoms with Crippen molar-refractivity contribution < 1.29 is 9.53 Å². The molecule has 4 nitrogen and oxygen atoms in total. The van der Waals surface area contributed by atoms with Crippen LogP contribution in [-0.2, 0) is 4.79 Å². The smallest absolute Gasteiger partial charge is 0.223 e. The van der Waals surface area contributed by atoms with Crippen LogP contribution in [0, 0.1) is 11.8 Å². The van der Waals surface area contributed by atoms with Gasteiger partial charge in [0.1, 0.15) is 6.10 Å². The number of fused-ring (bicyclic) bond motifs is 2. The molecule has 2 aliphatic carbocycles. The van der Waals surface area contributed by atoms with Crippen molar-refractivity contribution in [2.75, 3.05) is 6.54 Å². The molecule has 3 aliphatic rings. The molecule has 20 heavy (non-hydrogen) atoms. The number of likely N-dealkylation sites (tertiary alicyclic amines) is 1. The quantitative estimate of drug-likeness (QED) is 0.844. The zero-order valence-electron chi connectivity index (χ0n) is 11.6. The molecule has 0 radical (unpaired) electrons. The Morgan fingerprint density at radius 2 is 2.20 bits per heavy atom. The van der Waals surface area contributed by atoms with Crippen molar-refractivity contribution in [2.24, 2.45) is 11.8 Å². The summed E-state index contributed by atoms with van der Waals surface area (Å²) in [6, 6.07) is 6.00. The fraction of sp³-hybridized carbons (Fsp3) is 0.625. The summed E-state index contributed by atoms with van der Waals surface area (Å²) in [6.45, 7) is 0.883. The van der Waals surface area contributed by atoms with Gasteiger partial charge in [-0.2, -0.15) is 0 Å². The Kier molecular flexibility index (Phi) is 2.90. The second-order valence-corrected chi connectivity index (χ2v) is 6.35. The van der Waals surface area contributed by atoms with Gasteiger partial charge in [0.15, 0.2) is 0 Å². The Balaban J connectivity index is 1.45. The maximum atomic E-state index is 12.3. The second-order valence-electron chi connectivity index (χ2n) is 6.35. The van der Waals surface area contributed by atoms with Gasteiger partial charge >= 0.3 is 0 Å². The number of rotatable bonds is 4. The van der Waals surface area contributed by atoms with Crippen LogP contribution in [-0.4, -0.2) is 34.5 Å². The monoisotopic (exact) mass is 272 g/mol. The van der Waals surface area contributed by atoms with Crippen molar-refractivity contribution in [2.45, 2.75) is 44.2 Å². The lowest BCUT2D eigenvalue weighted by Crippen LogP contribution is -2.40. The minimum atomic E-state index is 0.146. The lowest BCUT2D eigenvalue weighted by Gasteiger charge is -2.27. The fourth-order valence-corrected chi connectivity index (χ4v) is 3.65. The third-order valence-corrected chi connectivity index (χ3v) is 4.88. The average Bonchev–Trinajstić information content (AvgIpc) is 3.14. The van der Waals surface area contributed by atoms with Crippen LogP contribution in [0.4, 0.5) is 0 Å². The van der Waals surface area contributed by atoms with E-state index in [4.69, 9.17) is 4.74 Å². The van der Waals surface area contributed by atoms with E-state index < -0.39 is 0 Å². The number of hydrogen-bond acceptors (Lipinski definition) is 3. The summed E-state index contributed by atoms with van der Waals surface area (Å²) in [5.41, 5.74) is 0. The minimum absolute atomic E-state index is 0.146. The van der Waals surface area contributed by atoms with E-state index >= 15 is 0 Å². The zero-order valence-corrected chi connectivity index (χ0v) is 11.6. The van der Waals surface area contributed by atoms with Crippen molar-refractivity contribution in [3.8, 4) is 5.88 Å². The van der Waals surface area contributed by atoms with Crippen molar-refractivity contribution in [1.29, 1.82) is 0 Å². The summed E-state index contributed by atoms with van der Waals surface area (Å²) in [5.74, 6) is 2.18. The molecule has 1 aromatic heterocycles. The summed E-state index contributed by atoms with van der Waals surface area (Å²) in [4.78, 5) is 18.7. The van der Waals surface area contributed by atoms with Crippen molar-refractivity contribution in [1.82, 2.24) is 9.88 Å². The molecule has 2 saturated carbocycles. The SMILES string of the molecule is O=C(CC1CC1)N1CC2CCC1C2Oc1ccccn1. The van der Waals surface area contributed by atoms with Gasteiger partial charge in [0.05, 0.1) is 6.04 Å². The molecule has 4 heteroatoms. The number of piperidine rings is 1. The molecule has 0 N–H and O–H groups in total. The molecule has 0 aromatic carbocycles. The number of ether oxygens (including phenoxy) is 1. The maximum Gasteiger partial charge on any atom is 0.223 e. The number of nitrogens with zero attached hydrogens (tertiary/aromatic N) is 2. The number of pyridine rings is 1. The van der Waals surface area contributed by atoms with Crippen LogP contribution >= 0.6 is 0 Å². The molecule has 2 heterocycles. The predicted octanol–water partition coefficient (Wildman–Crippen LogP) is 2.25. The molecular formula is C16H20N2O2. The first-order chi connectivity index (χ1) is 9.81. The third kappa shape index (κ3) is 2.17. The van der Waals surface area contributed by atoms with Gasteiger partial charge < -0.3 is 9.64 Å². The largest absolute Gasteiger partial charge is 0.472 e. The highest BCUT2D eigenvalue weighted by atomic mass is 16.5. The average molecular weight is 272 g/mol. The van der Waals surface area contributed by atoms with Crippen molar-refractivity contribution >= 4 is 5.91 Å². The Morgan fingerprint density at radius 3 is 2.95 bits per heavy atom. The van der Waals surface area contributed by atoms with Gasteiger partial charge in [0.2, 0.25) is 11.8 Å². The topological polar surface area (TPSA) is 42.4 Å². The van der Waals surface area contributed by atoms with Crippen molar-refractivity contribution in [3.63, 3.8) is 0 Å². The summed E-state index contributed by atoms with van der Waals surface area (Å²) < 4.78 is 6.06. The van der Waals surface area contributed by atoms with Crippen molar-refractivity contribution in [3.05, 3.63) is 24.4 Å². The van der Waals surface area contributed by atoms with E-state index in [1.165, 1.54) is 19.3 Å².